The summed E-state index contributed by atoms with van der Waals surface area (Å²) in [5.74, 6) is -3.88. The van der Waals surface area contributed by atoms with E-state index in [-0.39, 0.29) is 24.2 Å². The molecule has 2 aliphatic heterocycles. The van der Waals surface area contributed by atoms with Crippen molar-refractivity contribution < 1.29 is 38.3 Å². The fraction of sp³-hybridized carbons (Fsp3) is 0.625. The molecule has 3 rings (SSSR count). The second-order valence-corrected chi connectivity index (χ2v) is 15.7. The van der Waals surface area contributed by atoms with Gasteiger partial charge in [0.25, 0.3) is 5.91 Å². The lowest BCUT2D eigenvalue weighted by Crippen LogP contribution is -2.56. The lowest BCUT2D eigenvalue weighted by molar-refractivity contribution is -0.143. The smallest absolute Gasteiger partial charge is 0.408 e. The van der Waals surface area contributed by atoms with Crippen molar-refractivity contribution in [2.24, 2.45) is 11.8 Å². The molecule has 298 valence electrons. The van der Waals surface area contributed by atoms with Crippen molar-refractivity contribution >= 4 is 41.4 Å². The molecule has 0 unspecified atom stereocenters. The number of nitrogens with one attached hydrogen (secondary N) is 4. The van der Waals surface area contributed by atoms with Gasteiger partial charge in [0.15, 0.2) is 0 Å². The Morgan fingerprint density at radius 1 is 0.944 bits per heavy atom. The van der Waals surface area contributed by atoms with Gasteiger partial charge < -0.3 is 35.8 Å². The van der Waals surface area contributed by atoms with Crippen LogP contribution < -0.4 is 21.3 Å². The first-order valence-electron chi connectivity index (χ1n) is 19.1. The summed E-state index contributed by atoms with van der Waals surface area (Å²) < 4.78 is 5.46. The fourth-order valence-electron chi connectivity index (χ4n) is 6.55. The minimum Gasteiger partial charge on any atom is -0.444 e. The average molecular weight is 753 g/mol. The number of carbonyl (C=O) groups is 7. The van der Waals surface area contributed by atoms with E-state index in [4.69, 9.17) is 4.74 Å². The maximum absolute atomic E-state index is 14.2. The topological polar surface area (TPSA) is 183 Å². The third-order valence-corrected chi connectivity index (χ3v) is 9.64. The summed E-state index contributed by atoms with van der Waals surface area (Å²) >= 11 is 0. The van der Waals surface area contributed by atoms with Crippen molar-refractivity contribution in [3.8, 4) is 0 Å². The van der Waals surface area contributed by atoms with E-state index in [2.05, 4.69) is 27.3 Å². The van der Waals surface area contributed by atoms with Gasteiger partial charge in [-0.25, -0.2) is 4.79 Å². The normalized spacial score (nSPS) is 22.9. The molecule has 2 aliphatic rings. The number of rotatable bonds is 9. The number of allylic oxidation sites excluding steroid dienone is 2. The van der Waals surface area contributed by atoms with Gasteiger partial charge in [-0.1, -0.05) is 69.2 Å². The molecule has 0 aliphatic carbocycles. The molecule has 5 atom stereocenters. The van der Waals surface area contributed by atoms with Gasteiger partial charge in [0.1, 0.15) is 23.7 Å². The van der Waals surface area contributed by atoms with Gasteiger partial charge in [-0.3, -0.25) is 28.8 Å². The number of carbonyl (C=O) groups excluding carboxylic acids is 7. The Kier molecular flexibility index (Phi) is 16.7. The van der Waals surface area contributed by atoms with Crippen LogP contribution in [0.2, 0.25) is 0 Å². The number of ether oxygens (including phenoxy) is 1. The molecule has 0 spiro atoms. The van der Waals surface area contributed by atoms with E-state index in [0.29, 0.717) is 44.2 Å². The summed E-state index contributed by atoms with van der Waals surface area (Å²) in [5, 5.41) is 10.5. The number of amides is 6. The first-order valence-corrected chi connectivity index (χ1v) is 19.1. The monoisotopic (exact) mass is 752 g/mol. The van der Waals surface area contributed by atoms with Crippen molar-refractivity contribution in [2.45, 2.75) is 122 Å². The molecule has 1 aromatic carbocycles. The highest BCUT2D eigenvalue weighted by atomic mass is 16.6. The fourth-order valence-corrected chi connectivity index (χ4v) is 6.55. The molecule has 14 nitrogen and oxygen atoms in total. The van der Waals surface area contributed by atoms with Gasteiger partial charge in [-0.05, 0) is 83.1 Å². The summed E-state index contributed by atoms with van der Waals surface area (Å²) in [5.41, 5.74) is -0.224. The SMILES string of the molecule is CC(C)[C@@H]1C[C@H]2C(=O)N[C@H](C(=O)C(=O)NCC(=O)N[C@H](C(=O)N(C)C)c3ccccc3)CCCC/C=C/CCCC[C@H](NC(=O)OC(C)(C)C)C(=O)N2C1. The van der Waals surface area contributed by atoms with Crippen molar-refractivity contribution in [1.29, 1.82) is 0 Å². The maximum Gasteiger partial charge on any atom is 0.408 e. The first kappa shape index (κ1) is 43.7. The Morgan fingerprint density at radius 3 is 2.17 bits per heavy atom. The molecule has 0 saturated carbocycles. The predicted octanol–water partition coefficient (Wildman–Crippen LogP) is 3.56. The highest BCUT2D eigenvalue weighted by molar-refractivity contribution is 6.38. The van der Waals surface area contributed by atoms with E-state index >= 15 is 0 Å². The minimum atomic E-state index is -1.21. The van der Waals surface area contributed by atoms with Crippen LogP contribution in [0.1, 0.15) is 104 Å². The Hall–Kier alpha value is -4.75. The van der Waals surface area contributed by atoms with Gasteiger partial charge in [0.2, 0.25) is 29.4 Å². The average Bonchev–Trinajstić information content (AvgIpc) is 3.57. The standard InChI is InChI=1S/C40H60N6O8/c1-26(2)28-23-31-35(49)42-29(34(48)36(50)41-24-32(47)44-33(38(52)45(6)7)27-19-15-14-16-20-27)21-17-12-10-8-9-11-13-18-22-30(37(51)46(31)25-28)43-39(53)54-40(3,4)5/h8-9,14-16,19-20,26,28-31,33H,10-13,17-18,21-25H2,1-7H3,(H,41,50)(H,42,49)(H,43,53)(H,44,47)/b9-8+/t28-,29+,30+,31+,33+/m1/s1. The molecule has 2 heterocycles. The summed E-state index contributed by atoms with van der Waals surface area (Å²) in [7, 11) is 3.13. The summed E-state index contributed by atoms with van der Waals surface area (Å²) in [4.78, 5) is 96.5. The first-order chi connectivity index (χ1) is 25.5. The number of alkyl carbamates (subject to hydrolysis) is 1. The molecule has 0 bridgehead atoms. The van der Waals surface area contributed by atoms with E-state index in [9.17, 15) is 33.6 Å². The van der Waals surface area contributed by atoms with E-state index in [0.717, 1.165) is 19.3 Å². The number of Topliss-reactive ketones (excluding diaryl/α,β-unsaturated/α-hetero) is 1. The maximum atomic E-state index is 14.2. The van der Waals surface area contributed by atoms with Crippen LogP contribution in [0.3, 0.4) is 0 Å². The molecule has 6 amide bonds. The number of hydrogen-bond donors (Lipinski definition) is 4. The number of hydrogen-bond acceptors (Lipinski definition) is 8. The third kappa shape index (κ3) is 13.6. The molecule has 14 heteroatoms. The zero-order valence-electron chi connectivity index (χ0n) is 32.9. The molecule has 0 aromatic heterocycles. The Labute approximate surface area is 319 Å². The van der Waals surface area contributed by atoms with Gasteiger partial charge in [0.05, 0.1) is 12.6 Å². The molecule has 0 radical (unpaired) electrons. The van der Waals surface area contributed by atoms with Gasteiger partial charge in [0, 0.05) is 20.6 Å². The zero-order chi connectivity index (χ0) is 40.0. The zero-order valence-corrected chi connectivity index (χ0v) is 32.9. The van der Waals surface area contributed by atoms with Crippen LogP contribution in [0, 0.1) is 11.8 Å². The van der Waals surface area contributed by atoms with Crippen LogP contribution in [0.4, 0.5) is 4.79 Å². The van der Waals surface area contributed by atoms with Crippen molar-refractivity contribution in [2.75, 3.05) is 27.2 Å². The van der Waals surface area contributed by atoms with Gasteiger partial charge >= 0.3 is 6.09 Å². The molecular formula is C40H60N6O8. The summed E-state index contributed by atoms with van der Waals surface area (Å²) in [6, 6.07) is 4.59. The highest BCUT2D eigenvalue weighted by Gasteiger charge is 2.44. The highest BCUT2D eigenvalue weighted by Crippen LogP contribution is 2.30. The molecule has 54 heavy (non-hydrogen) atoms. The molecule has 4 N–H and O–H groups in total. The van der Waals surface area contributed by atoms with Crippen molar-refractivity contribution in [1.82, 2.24) is 31.1 Å². The molecular weight excluding hydrogens is 692 g/mol. The third-order valence-electron chi connectivity index (χ3n) is 9.64. The van der Waals surface area contributed by atoms with Crippen LogP contribution in [0.25, 0.3) is 0 Å². The second-order valence-electron chi connectivity index (χ2n) is 15.7. The van der Waals surface area contributed by atoms with E-state index in [1.165, 1.54) is 9.80 Å². The van der Waals surface area contributed by atoms with Crippen LogP contribution in [-0.2, 0) is 33.5 Å². The Morgan fingerprint density at radius 2 is 1.57 bits per heavy atom. The van der Waals surface area contributed by atoms with E-state index < -0.39 is 71.8 Å². The molecule has 1 fully saturated rings. The quantitative estimate of drug-likeness (QED) is 0.218. The van der Waals surface area contributed by atoms with Gasteiger partial charge in [-0.15, -0.1) is 0 Å². The Bertz CT molecular complexity index is 1500. The molecule has 1 aromatic rings. The number of ketones is 1. The number of benzene rings is 1. The van der Waals surface area contributed by atoms with E-state index in [1.54, 1.807) is 65.2 Å². The van der Waals surface area contributed by atoms with Crippen molar-refractivity contribution in [3.05, 3.63) is 48.0 Å². The van der Waals surface area contributed by atoms with Crippen LogP contribution in [-0.4, -0.2) is 102 Å². The second kappa shape index (κ2) is 20.6. The number of nitrogens with zero attached hydrogens (tertiary/aromatic N) is 2. The van der Waals surface area contributed by atoms with Crippen molar-refractivity contribution in [3.63, 3.8) is 0 Å². The molecule has 1 saturated heterocycles. The predicted molar refractivity (Wildman–Crippen MR) is 204 cm³/mol. The Balaban J connectivity index is 1.80. The van der Waals surface area contributed by atoms with Crippen LogP contribution in [0.15, 0.2) is 42.5 Å². The van der Waals surface area contributed by atoms with Crippen LogP contribution >= 0.6 is 0 Å². The largest absolute Gasteiger partial charge is 0.444 e. The minimum absolute atomic E-state index is 0.0161. The number of likely N-dealkylation sites (N-methyl/N-ethyl adjacent to an activating group) is 1. The summed E-state index contributed by atoms with van der Waals surface area (Å²) in [6.07, 6.45) is 8.50. The van der Waals surface area contributed by atoms with E-state index in [1.807, 2.05) is 19.9 Å². The lowest BCUT2D eigenvalue weighted by atomic mass is 9.93. The number of fused-ring (bicyclic) bond motifs is 1. The summed E-state index contributed by atoms with van der Waals surface area (Å²) in [6.45, 7) is 8.95. The lowest BCUT2D eigenvalue weighted by Gasteiger charge is -2.30. The van der Waals surface area contributed by atoms with Gasteiger partial charge in [-0.2, -0.15) is 0 Å². The van der Waals surface area contributed by atoms with Crippen LogP contribution in [0.5, 0.6) is 0 Å².